The number of likely N-dealkylation sites (tertiary alicyclic amines) is 1. The number of primary amides is 1. The van der Waals surface area contributed by atoms with Gasteiger partial charge in [-0.2, -0.15) is 0 Å². The number of nitrogens with two attached hydrogens (primary N) is 2. The highest BCUT2D eigenvalue weighted by Crippen LogP contribution is 2.18. The lowest BCUT2D eigenvalue weighted by Crippen LogP contribution is -2.52. The zero-order valence-electron chi connectivity index (χ0n) is 10.9. The zero-order chi connectivity index (χ0) is 15.3. The number of amides is 3. The maximum atomic E-state index is 12.0. The van der Waals surface area contributed by atoms with Gasteiger partial charge in [0.05, 0.1) is 12.5 Å². The van der Waals surface area contributed by atoms with Crippen molar-refractivity contribution in [3.63, 3.8) is 0 Å². The standard InChI is InChI=1S/C11H18N4O5/c12-6(4-8(13)16)11(20)15-3-1-2-7(15)10(19)14-5-9(17)18/h6-7H,1-5,12H2,(H2,13,16)(H,14,19)(H,17,18). The highest BCUT2D eigenvalue weighted by atomic mass is 16.4. The molecule has 2 atom stereocenters. The Bertz CT molecular complexity index is 425. The molecule has 1 heterocycles. The minimum atomic E-state index is -1.17. The zero-order valence-corrected chi connectivity index (χ0v) is 10.9. The summed E-state index contributed by atoms with van der Waals surface area (Å²) in [5, 5.41) is 10.7. The number of carboxylic acid groups (broad SMARTS) is 1. The van der Waals surface area contributed by atoms with E-state index in [0.29, 0.717) is 19.4 Å². The highest BCUT2D eigenvalue weighted by Gasteiger charge is 2.36. The van der Waals surface area contributed by atoms with E-state index in [4.69, 9.17) is 16.6 Å². The van der Waals surface area contributed by atoms with E-state index in [0.717, 1.165) is 0 Å². The molecule has 3 amide bonds. The van der Waals surface area contributed by atoms with Crippen molar-refractivity contribution in [2.45, 2.75) is 31.3 Å². The maximum absolute atomic E-state index is 12.0. The molecule has 0 bridgehead atoms. The molecule has 0 aliphatic carbocycles. The molecule has 1 aliphatic heterocycles. The molecule has 0 saturated carbocycles. The van der Waals surface area contributed by atoms with Crippen LogP contribution in [0.2, 0.25) is 0 Å². The predicted octanol–water partition coefficient (Wildman–Crippen LogP) is -2.62. The van der Waals surface area contributed by atoms with Gasteiger partial charge in [0, 0.05) is 6.54 Å². The van der Waals surface area contributed by atoms with Crippen LogP contribution in [0.3, 0.4) is 0 Å². The molecule has 0 aromatic carbocycles. The van der Waals surface area contributed by atoms with E-state index in [1.54, 1.807) is 0 Å². The van der Waals surface area contributed by atoms with Gasteiger partial charge in [0.25, 0.3) is 0 Å². The van der Waals surface area contributed by atoms with E-state index in [9.17, 15) is 19.2 Å². The summed E-state index contributed by atoms with van der Waals surface area (Å²) in [6, 6.07) is -1.83. The van der Waals surface area contributed by atoms with Crippen LogP contribution in [0, 0.1) is 0 Å². The van der Waals surface area contributed by atoms with Crippen molar-refractivity contribution in [3.05, 3.63) is 0 Å². The van der Waals surface area contributed by atoms with Gasteiger partial charge in [-0.15, -0.1) is 0 Å². The SMILES string of the molecule is NC(=O)CC(N)C(=O)N1CCCC1C(=O)NCC(=O)O. The largest absolute Gasteiger partial charge is 0.480 e. The van der Waals surface area contributed by atoms with Crippen LogP contribution < -0.4 is 16.8 Å². The second kappa shape index (κ2) is 6.85. The van der Waals surface area contributed by atoms with Gasteiger partial charge in [-0.05, 0) is 12.8 Å². The molecule has 20 heavy (non-hydrogen) atoms. The number of carboxylic acids is 1. The Balaban J connectivity index is 2.64. The number of rotatable bonds is 6. The smallest absolute Gasteiger partial charge is 0.322 e. The number of nitrogens with one attached hydrogen (secondary N) is 1. The molecule has 9 heteroatoms. The van der Waals surface area contributed by atoms with Gasteiger partial charge in [-0.3, -0.25) is 19.2 Å². The summed E-state index contributed by atoms with van der Waals surface area (Å²) in [5.74, 6) is -2.93. The number of hydrogen-bond donors (Lipinski definition) is 4. The van der Waals surface area contributed by atoms with Crippen LogP contribution >= 0.6 is 0 Å². The third-order valence-electron chi connectivity index (χ3n) is 2.99. The second-order valence-electron chi connectivity index (χ2n) is 4.58. The number of aliphatic carboxylic acids is 1. The van der Waals surface area contributed by atoms with Crippen LogP contribution in [0.25, 0.3) is 0 Å². The van der Waals surface area contributed by atoms with Crippen LogP contribution in [-0.2, 0) is 19.2 Å². The summed E-state index contributed by atoms with van der Waals surface area (Å²) in [6.45, 7) is -0.166. The monoisotopic (exact) mass is 286 g/mol. The summed E-state index contributed by atoms with van der Waals surface area (Å²) in [6.07, 6.45) is 0.749. The molecule has 1 fully saturated rings. The Labute approximate surface area is 115 Å². The van der Waals surface area contributed by atoms with Crippen LogP contribution in [0.5, 0.6) is 0 Å². The minimum absolute atomic E-state index is 0.293. The van der Waals surface area contributed by atoms with E-state index in [1.807, 2.05) is 0 Å². The summed E-state index contributed by atoms with van der Waals surface area (Å²) < 4.78 is 0. The van der Waals surface area contributed by atoms with Crippen molar-refractivity contribution in [1.82, 2.24) is 10.2 Å². The second-order valence-corrected chi connectivity index (χ2v) is 4.58. The highest BCUT2D eigenvalue weighted by molar-refractivity contribution is 5.93. The van der Waals surface area contributed by atoms with E-state index in [1.165, 1.54) is 4.90 Å². The molecular formula is C11H18N4O5. The number of carbonyl (C=O) groups excluding carboxylic acids is 3. The third kappa shape index (κ3) is 4.19. The first-order chi connectivity index (χ1) is 9.32. The normalized spacial score (nSPS) is 19.4. The molecule has 0 aromatic rings. The van der Waals surface area contributed by atoms with Crippen LogP contribution in [0.15, 0.2) is 0 Å². The van der Waals surface area contributed by atoms with Gasteiger partial charge in [0.1, 0.15) is 12.6 Å². The minimum Gasteiger partial charge on any atom is -0.480 e. The predicted molar refractivity (Wildman–Crippen MR) is 67.2 cm³/mol. The van der Waals surface area contributed by atoms with Crippen molar-refractivity contribution in [3.8, 4) is 0 Å². The molecule has 6 N–H and O–H groups in total. The average molecular weight is 286 g/mol. The Hall–Kier alpha value is -2.16. The van der Waals surface area contributed by atoms with Crippen molar-refractivity contribution in [2.24, 2.45) is 11.5 Å². The molecule has 1 saturated heterocycles. The van der Waals surface area contributed by atoms with E-state index in [-0.39, 0.29) is 6.42 Å². The lowest BCUT2D eigenvalue weighted by atomic mass is 10.1. The summed E-state index contributed by atoms with van der Waals surface area (Å²) >= 11 is 0. The maximum Gasteiger partial charge on any atom is 0.322 e. The van der Waals surface area contributed by atoms with Crippen LogP contribution in [0.1, 0.15) is 19.3 Å². The molecule has 9 nitrogen and oxygen atoms in total. The molecule has 0 spiro atoms. The summed E-state index contributed by atoms with van der Waals surface area (Å²) in [5.41, 5.74) is 10.5. The third-order valence-corrected chi connectivity index (χ3v) is 2.99. The Morgan fingerprint density at radius 1 is 1.35 bits per heavy atom. The van der Waals surface area contributed by atoms with Gasteiger partial charge >= 0.3 is 5.97 Å². The van der Waals surface area contributed by atoms with Gasteiger partial charge in [0.15, 0.2) is 0 Å². The van der Waals surface area contributed by atoms with Crippen LogP contribution in [0.4, 0.5) is 0 Å². The first-order valence-corrected chi connectivity index (χ1v) is 6.16. The topological polar surface area (TPSA) is 156 Å². The van der Waals surface area contributed by atoms with Gasteiger partial charge in [0.2, 0.25) is 17.7 Å². The van der Waals surface area contributed by atoms with E-state index >= 15 is 0 Å². The molecule has 0 radical (unpaired) electrons. The molecule has 1 aliphatic rings. The fraction of sp³-hybridized carbons (Fsp3) is 0.636. The summed E-state index contributed by atoms with van der Waals surface area (Å²) in [7, 11) is 0. The van der Waals surface area contributed by atoms with Crippen molar-refractivity contribution >= 4 is 23.7 Å². The molecule has 1 rings (SSSR count). The Morgan fingerprint density at radius 2 is 2.00 bits per heavy atom. The van der Waals surface area contributed by atoms with Crippen LogP contribution in [-0.4, -0.2) is 58.9 Å². The molecular weight excluding hydrogens is 268 g/mol. The van der Waals surface area contributed by atoms with E-state index in [2.05, 4.69) is 5.32 Å². The lowest BCUT2D eigenvalue weighted by Gasteiger charge is -2.26. The quantitative estimate of drug-likeness (QED) is 0.419. The first-order valence-electron chi connectivity index (χ1n) is 6.16. The van der Waals surface area contributed by atoms with Crippen molar-refractivity contribution < 1.29 is 24.3 Å². The van der Waals surface area contributed by atoms with Crippen molar-refractivity contribution in [1.29, 1.82) is 0 Å². The van der Waals surface area contributed by atoms with E-state index < -0.39 is 42.3 Å². The lowest BCUT2D eigenvalue weighted by molar-refractivity contribution is -0.142. The van der Waals surface area contributed by atoms with Gasteiger partial charge in [-0.25, -0.2) is 0 Å². The van der Waals surface area contributed by atoms with Gasteiger partial charge < -0.3 is 26.8 Å². The fourth-order valence-electron chi connectivity index (χ4n) is 2.10. The molecule has 112 valence electrons. The number of nitrogens with zero attached hydrogens (tertiary/aromatic N) is 1. The van der Waals surface area contributed by atoms with Gasteiger partial charge in [-0.1, -0.05) is 0 Å². The Kier molecular flexibility index (Phi) is 5.44. The summed E-state index contributed by atoms with van der Waals surface area (Å²) in [4.78, 5) is 46.3. The van der Waals surface area contributed by atoms with Crippen molar-refractivity contribution in [2.75, 3.05) is 13.1 Å². The Morgan fingerprint density at radius 3 is 2.55 bits per heavy atom. The molecule has 0 aromatic heterocycles. The average Bonchev–Trinajstić information content (AvgIpc) is 2.83. The molecule has 2 unspecified atom stereocenters. The number of hydrogen-bond acceptors (Lipinski definition) is 5. The fourth-order valence-corrected chi connectivity index (χ4v) is 2.10. The first kappa shape index (κ1) is 15.9. The number of carbonyl (C=O) groups is 4.